The number of amides is 3. The van der Waals surface area contributed by atoms with Gasteiger partial charge in [0.1, 0.15) is 0 Å². The standard InChI is InChI=1S/C20H26N4O4/c1-15(18(25)23(2)12-6-11-21)28-19(26)16-9-13-24(14-10-16)20(27)22-17-7-4-3-5-8-17/h3-5,7-8,15-16H,6,9-10,12-14H2,1-2H3,(H,22,27)/t15-/m0/s1. The molecule has 8 nitrogen and oxygen atoms in total. The Kier molecular flexibility index (Phi) is 7.81. The van der Waals surface area contributed by atoms with E-state index in [0.29, 0.717) is 32.5 Å². The van der Waals surface area contributed by atoms with Crippen LogP contribution < -0.4 is 5.32 Å². The van der Waals surface area contributed by atoms with Crippen LogP contribution in [-0.2, 0) is 14.3 Å². The van der Waals surface area contributed by atoms with E-state index in [-0.39, 0.29) is 24.3 Å². The fourth-order valence-electron chi connectivity index (χ4n) is 3.00. The summed E-state index contributed by atoms with van der Waals surface area (Å²) in [4.78, 5) is 39.9. The van der Waals surface area contributed by atoms with Crippen LogP contribution in [0, 0.1) is 17.2 Å². The third-order valence-corrected chi connectivity index (χ3v) is 4.72. The molecule has 1 aliphatic heterocycles. The molecule has 1 aromatic rings. The number of likely N-dealkylation sites (N-methyl/N-ethyl adjacent to an activating group) is 1. The molecule has 150 valence electrons. The Morgan fingerprint density at radius 3 is 2.54 bits per heavy atom. The molecule has 8 heteroatoms. The quantitative estimate of drug-likeness (QED) is 0.755. The van der Waals surface area contributed by atoms with Crippen molar-refractivity contribution in [2.24, 2.45) is 5.92 Å². The summed E-state index contributed by atoms with van der Waals surface area (Å²) >= 11 is 0. The molecule has 0 unspecified atom stereocenters. The summed E-state index contributed by atoms with van der Waals surface area (Å²) in [6.07, 6.45) is 0.320. The number of nitriles is 1. The molecule has 1 fully saturated rings. The number of nitrogens with zero attached hydrogens (tertiary/aromatic N) is 3. The number of benzene rings is 1. The number of carbonyl (C=O) groups excluding carboxylic acids is 3. The number of carbonyl (C=O) groups is 3. The monoisotopic (exact) mass is 386 g/mol. The van der Waals surface area contributed by atoms with Crippen LogP contribution in [0.2, 0.25) is 0 Å². The average molecular weight is 386 g/mol. The highest BCUT2D eigenvalue weighted by Crippen LogP contribution is 2.20. The maximum atomic E-state index is 12.4. The van der Waals surface area contributed by atoms with Gasteiger partial charge in [0, 0.05) is 32.4 Å². The lowest BCUT2D eigenvalue weighted by molar-refractivity contribution is -0.163. The molecule has 3 amide bonds. The minimum atomic E-state index is -0.893. The topological polar surface area (TPSA) is 103 Å². The number of esters is 1. The van der Waals surface area contributed by atoms with Crippen molar-refractivity contribution in [2.75, 3.05) is 32.0 Å². The van der Waals surface area contributed by atoms with Gasteiger partial charge in [0.15, 0.2) is 6.10 Å². The predicted molar refractivity (Wildman–Crippen MR) is 103 cm³/mol. The number of anilines is 1. The van der Waals surface area contributed by atoms with Gasteiger partial charge in [0.25, 0.3) is 5.91 Å². The van der Waals surface area contributed by atoms with Crippen LogP contribution in [-0.4, -0.2) is 60.5 Å². The number of rotatable bonds is 6. The Morgan fingerprint density at radius 1 is 1.29 bits per heavy atom. The first-order valence-electron chi connectivity index (χ1n) is 9.35. The summed E-state index contributed by atoms with van der Waals surface area (Å²) in [7, 11) is 1.58. The zero-order chi connectivity index (χ0) is 20.5. The Balaban J connectivity index is 1.77. The maximum Gasteiger partial charge on any atom is 0.321 e. The van der Waals surface area contributed by atoms with E-state index in [0.717, 1.165) is 5.69 Å². The van der Waals surface area contributed by atoms with Crippen molar-refractivity contribution in [3.8, 4) is 6.07 Å². The minimum absolute atomic E-state index is 0.194. The van der Waals surface area contributed by atoms with Crippen molar-refractivity contribution in [1.82, 2.24) is 9.80 Å². The molecule has 2 rings (SSSR count). The zero-order valence-corrected chi connectivity index (χ0v) is 16.3. The van der Waals surface area contributed by atoms with Gasteiger partial charge in [-0.15, -0.1) is 0 Å². The van der Waals surface area contributed by atoms with Gasteiger partial charge in [0.2, 0.25) is 0 Å². The second-order valence-corrected chi connectivity index (χ2v) is 6.80. The molecule has 1 saturated heterocycles. The van der Waals surface area contributed by atoms with Crippen LogP contribution in [0.5, 0.6) is 0 Å². The Bertz CT molecular complexity index is 723. The van der Waals surface area contributed by atoms with Crippen molar-refractivity contribution in [1.29, 1.82) is 5.26 Å². The summed E-state index contributed by atoms with van der Waals surface area (Å²) in [5, 5.41) is 11.4. The van der Waals surface area contributed by atoms with Crippen LogP contribution in [0.3, 0.4) is 0 Å². The van der Waals surface area contributed by atoms with Gasteiger partial charge in [0.05, 0.1) is 18.4 Å². The van der Waals surface area contributed by atoms with Crippen molar-refractivity contribution >= 4 is 23.6 Å². The van der Waals surface area contributed by atoms with E-state index in [2.05, 4.69) is 5.32 Å². The molecule has 1 aromatic carbocycles. The molecule has 0 aliphatic carbocycles. The van der Waals surface area contributed by atoms with E-state index < -0.39 is 12.1 Å². The summed E-state index contributed by atoms with van der Waals surface area (Å²) in [5.74, 6) is -1.08. The Morgan fingerprint density at radius 2 is 1.93 bits per heavy atom. The average Bonchev–Trinajstić information content (AvgIpc) is 2.72. The highest BCUT2D eigenvalue weighted by atomic mass is 16.5. The molecule has 0 aromatic heterocycles. The maximum absolute atomic E-state index is 12.4. The van der Waals surface area contributed by atoms with Gasteiger partial charge < -0.3 is 19.9 Å². The first kappa shape index (κ1) is 21.2. The molecule has 28 heavy (non-hydrogen) atoms. The summed E-state index contributed by atoms with van der Waals surface area (Å²) in [6, 6.07) is 11.0. The van der Waals surface area contributed by atoms with E-state index in [1.165, 1.54) is 11.8 Å². The smallest absolute Gasteiger partial charge is 0.321 e. The summed E-state index contributed by atoms with van der Waals surface area (Å²) < 4.78 is 5.31. The third-order valence-electron chi connectivity index (χ3n) is 4.72. The zero-order valence-electron chi connectivity index (χ0n) is 16.3. The van der Waals surface area contributed by atoms with Crippen molar-refractivity contribution < 1.29 is 19.1 Å². The largest absolute Gasteiger partial charge is 0.452 e. The lowest BCUT2D eigenvalue weighted by atomic mass is 9.97. The van der Waals surface area contributed by atoms with Crippen molar-refractivity contribution in [3.63, 3.8) is 0 Å². The van der Waals surface area contributed by atoms with E-state index in [1.807, 2.05) is 36.4 Å². The number of nitrogens with one attached hydrogen (secondary N) is 1. The van der Waals surface area contributed by atoms with Crippen LogP contribution in [0.25, 0.3) is 0 Å². The van der Waals surface area contributed by atoms with E-state index in [1.54, 1.807) is 11.9 Å². The normalized spacial score (nSPS) is 15.2. The molecule has 1 atom stereocenters. The lowest BCUT2D eigenvalue weighted by Gasteiger charge is -2.31. The molecule has 0 radical (unpaired) electrons. The number of ether oxygens (including phenoxy) is 1. The molecular formula is C20H26N4O4. The van der Waals surface area contributed by atoms with Gasteiger partial charge >= 0.3 is 12.0 Å². The molecule has 0 bridgehead atoms. The van der Waals surface area contributed by atoms with Gasteiger partial charge in [-0.05, 0) is 31.9 Å². The van der Waals surface area contributed by atoms with Crippen molar-refractivity contribution in [2.45, 2.75) is 32.3 Å². The van der Waals surface area contributed by atoms with Crippen molar-refractivity contribution in [3.05, 3.63) is 30.3 Å². The second-order valence-electron chi connectivity index (χ2n) is 6.80. The van der Waals surface area contributed by atoms with Gasteiger partial charge in [-0.3, -0.25) is 9.59 Å². The number of para-hydroxylation sites is 1. The van der Waals surface area contributed by atoms with Crippen LogP contribution in [0.1, 0.15) is 26.2 Å². The predicted octanol–water partition coefficient (Wildman–Crippen LogP) is 2.23. The first-order valence-corrected chi connectivity index (χ1v) is 9.35. The third kappa shape index (κ3) is 5.98. The van der Waals surface area contributed by atoms with Gasteiger partial charge in [-0.1, -0.05) is 18.2 Å². The van der Waals surface area contributed by atoms with Crippen LogP contribution >= 0.6 is 0 Å². The molecule has 1 N–H and O–H groups in total. The van der Waals surface area contributed by atoms with Crippen LogP contribution in [0.15, 0.2) is 30.3 Å². The molecule has 0 spiro atoms. The fraction of sp³-hybridized carbons (Fsp3) is 0.500. The number of piperidine rings is 1. The molecule has 0 saturated carbocycles. The van der Waals surface area contributed by atoms with Crippen LogP contribution in [0.4, 0.5) is 10.5 Å². The first-order chi connectivity index (χ1) is 13.4. The SMILES string of the molecule is C[C@H](OC(=O)C1CCN(C(=O)Nc2ccccc2)CC1)C(=O)N(C)CCC#N. The molecule has 1 aliphatic rings. The number of urea groups is 1. The molecule has 1 heterocycles. The second kappa shape index (κ2) is 10.3. The van der Waals surface area contributed by atoms with Gasteiger partial charge in [-0.25, -0.2) is 4.79 Å². The lowest BCUT2D eigenvalue weighted by Crippen LogP contribution is -2.44. The van der Waals surface area contributed by atoms with E-state index >= 15 is 0 Å². The number of hydrogen-bond acceptors (Lipinski definition) is 5. The Hall–Kier alpha value is -3.08. The minimum Gasteiger partial charge on any atom is -0.452 e. The summed E-state index contributed by atoms with van der Waals surface area (Å²) in [6.45, 7) is 2.73. The highest BCUT2D eigenvalue weighted by molar-refractivity contribution is 5.89. The van der Waals surface area contributed by atoms with E-state index in [9.17, 15) is 14.4 Å². The highest BCUT2D eigenvalue weighted by Gasteiger charge is 2.31. The number of hydrogen-bond donors (Lipinski definition) is 1. The fourth-order valence-corrected chi connectivity index (χ4v) is 3.00. The van der Waals surface area contributed by atoms with Gasteiger partial charge in [-0.2, -0.15) is 5.26 Å². The Labute approximate surface area is 165 Å². The van der Waals surface area contributed by atoms with E-state index in [4.69, 9.17) is 10.00 Å². The molecular weight excluding hydrogens is 360 g/mol. The summed E-state index contributed by atoms with van der Waals surface area (Å²) in [5.41, 5.74) is 0.724. The number of likely N-dealkylation sites (tertiary alicyclic amines) is 1.